The summed E-state index contributed by atoms with van der Waals surface area (Å²) in [6.45, 7) is 0. The number of hydrogen-bond acceptors (Lipinski definition) is 10. The van der Waals surface area contributed by atoms with Gasteiger partial charge in [-0.25, -0.2) is 29.9 Å². The minimum absolute atomic E-state index is 0.504. The van der Waals surface area contributed by atoms with Gasteiger partial charge in [0.25, 0.3) is 0 Å². The summed E-state index contributed by atoms with van der Waals surface area (Å²) >= 11 is 0. The van der Waals surface area contributed by atoms with E-state index in [-0.39, 0.29) is 0 Å². The molecule has 0 aliphatic heterocycles. The van der Waals surface area contributed by atoms with Gasteiger partial charge in [0.05, 0.1) is 5.56 Å². The third kappa shape index (κ3) is 9.80. The fourth-order valence-electron chi connectivity index (χ4n) is 14.3. The van der Waals surface area contributed by atoms with Crippen molar-refractivity contribution in [1.29, 1.82) is 0 Å². The first kappa shape index (κ1) is 56.6. The number of rotatable bonds is 11. The van der Waals surface area contributed by atoms with Crippen molar-refractivity contribution < 1.29 is 17.7 Å². The summed E-state index contributed by atoms with van der Waals surface area (Å²) in [6.07, 6.45) is 0. The van der Waals surface area contributed by atoms with E-state index in [2.05, 4.69) is 170 Å². The van der Waals surface area contributed by atoms with E-state index in [1.165, 1.54) is 0 Å². The van der Waals surface area contributed by atoms with E-state index in [1.54, 1.807) is 0 Å². The fourth-order valence-corrected chi connectivity index (χ4v) is 14.3. The van der Waals surface area contributed by atoms with Crippen LogP contribution in [0.5, 0.6) is 0 Å². The number of hydrogen-bond donors (Lipinski definition) is 0. The van der Waals surface area contributed by atoms with Gasteiger partial charge in [0.15, 0.2) is 34.9 Å². The van der Waals surface area contributed by atoms with Crippen molar-refractivity contribution in [2.45, 2.75) is 0 Å². The van der Waals surface area contributed by atoms with Crippen LogP contribution in [-0.2, 0) is 0 Å². The Morgan fingerprint density at radius 3 is 0.960 bits per heavy atom. The van der Waals surface area contributed by atoms with Gasteiger partial charge in [-0.05, 0) is 128 Å². The van der Waals surface area contributed by atoms with Crippen molar-refractivity contribution in [1.82, 2.24) is 29.9 Å². The fraction of sp³-hybridized carbons (Fsp3) is 0. The van der Waals surface area contributed by atoms with Gasteiger partial charge >= 0.3 is 0 Å². The molecule has 6 heterocycles. The normalized spacial score (nSPS) is 11.8. The zero-order valence-corrected chi connectivity index (χ0v) is 53.3. The smallest absolute Gasteiger partial charge is 0.167 e. The Bertz CT molecular complexity index is 6620. The highest BCUT2D eigenvalue weighted by Crippen LogP contribution is 2.44. The number of fused-ring (bicyclic) bond motifs is 12. The van der Waals surface area contributed by atoms with E-state index >= 15 is 0 Å². The molecular formula is C90H52N6O4. The molecule has 20 aromatic rings. The molecule has 20 rings (SSSR count). The van der Waals surface area contributed by atoms with E-state index in [0.717, 1.165) is 171 Å². The molecule has 466 valence electrons. The van der Waals surface area contributed by atoms with Crippen molar-refractivity contribution in [3.63, 3.8) is 0 Å². The molecule has 0 saturated heterocycles. The van der Waals surface area contributed by atoms with Crippen molar-refractivity contribution in [3.05, 3.63) is 315 Å². The topological polar surface area (TPSA) is 130 Å². The van der Waals surface area contributed by atoms with E-state index < -0.39 is 0 Å². The molecule has 0 bridgehead atoms. The minimum atomic E-state index is 0.504. The summed E-state index contributed by atoms with van der Waals surface area (Å²) in [7, 11) is 0. The predicted octanol–water partition coefficient (Wildman–Crippen LogP) is 24.0. The Labute approximate surface area is 571 Å². The van der Waals surface area contributed by atoms with Gasteiger partial charge in [-0.1, -0.05) is 231 Å². The van der Waals surface area contributed by atoms with Crippen LogP contribution >= 0.6 is 0 Å². The lowest BCUT2D eigenvalue weighted by Crippen LogP contribution is -2.01. The Morgan fingerprint density at radius 2 is 0.470 bits per heavy atom. The molecular weight excluding hydrogens is 1230 g/mol. The lowest BCUT2D eigenvalue weighted by molar-refractivity contribution is 0.655. The van der Waals surface area contributed by atoms with Gasteiger partial charge < -0.3 is 17.7 Å². The Morgan fingerprint density at radius 1 is 0.160 bits per heavy atom. The van der Waals surface area contributed by atoms with Crippen molar-refractivity contribution in [2.75, 3.05) is 0 Å². The van der Waals surface area contributed by atoms with Crippen LogP contribution in [-0.4, -0.2) is 29.9 Å². The van der Waals surface area contributed by atoms with Gasteiger partial charge in [0.2, 0.25) is 0 Å². The van der Waals surface area contributed by atoms with E-state index in [4.69, 9.17) is 47.6 Å². The molecule has 0 saturated carbocycles. The molecule has 0 fully saturated rings. The molecule has 14 aromatic carbocycles. The highest BCUT2D eigenvalue weighted by molar-refractivity contribution is 6.19. The molecule has 0 spiro atoms. The largest absolute Gasteiger partial charge is 0.456 e. The lowest BCUT2D eigenvalue weighted by atomic mass is 9.93. The summed E-state index contributed by atoms with van der Waals surface area (Å²) in [5.74, 6) is 3.25. The summed E-state index contributed by atoms with van der Waals surface area (Å²) < 4.78 is 26.0. The first-order valence-electron chi connectivity index (χ1n) is 33.3. The third-order valence-corrected chi connectivity index (χ3v) is 19.2. The van der Waals surface area contributed by atoms with Gasteiger partial charge in [-0.3, -0.25) is 0 Å². The number of para-hydroxylation sites is 3. The van der Waals surface area contributed by atoms with Crippen LogP contribution in [0, 0.1) is 0 Å². The van der Waals surface area contributed by atoms with Gasteiger partial charge in [-0.2, -0.15) is 0 Å². The van der Waals surface area contributed by atoms with Crippen LogP contribution in [0.3, 0.4) is 0 Å². The lowest BCUT2D eigenvalue weighted by Gasteiger charge is -2.13. The molecule has 0 unspecified atom stereocenters. The summed E-state index contributed by atoms with van der Waals surface area (Å²) in [4.78, 5) is 31.7. The van der Waals surface area contributed by atoms with Crippen LogP contribution in [0.1, 0.15) is 0 Å². The van der Waals surface area contributed by atoms with Crippen LogP contribution in [0.4, 0.5) is 0 Å². The summed E-state index contributed by atoms with van der Waals surface area (Å²) in [5.41, 5.74) is 21.6. The average Bonchev–Trinajstić information content (AvgIpc) is 1.54. The Kier molecular flexibility index (Phi) is 13.0. The van der Waals surface area contributed by atoms with E-state index in [9.17, 15) is 0 Å². The standard InChI is InChI=1S/C90H52N6O4/c1-5-19-53(20-6-1)61-43-63(47-65(45-61)87-91-85(59-23-9-3-10-24-59)93-89(95-87)70-30-18-34-78-83(70)75-50-73-68-28-14-16-33-77(68)98-80(73)52-82(75)99-78)57-39-35-55(36-40-57)56-37-41-58(42-38-56)64-44-62(54-21-7-2-8-22-54)46-66(48-64)88-92-86(60-25-11-4-12-26-60)94-90(96-88)71-31-17-29-69-74-49-72-67-27-13-15-32-76(67)97-79(72)51-81(74)100-84(69)71/h1-52H. The maximum Gasteiger partial charge on any atom is 0.167 e. The Hall–Kier alpha value is -13.7. The maximum absolute atomic E-state index is 6.78. The third-order valence-electron chi connectivity index (χ3n) is 19.2. The number of furan rings is 4. The second-order valence-corrected chi connectivity index (χ2v) is 25.3. The number of benzene rings is 14. The monoisotopic (exact) mass is 1280 g/mol. The average molecular weight is 1280 g/mol. The first-order chi connectivity index (χ1) is 49.5. The second kappa shape index (κ2) is 23.0. The molecule has 6 aromatic heterocycles. The summed E-state index contributed by atoms with van der Waals surface area (Å²) in [6, 6.07) is 109. The highest BCUT2D eigenvalue weighted by Gasteiger charge is 2.24. The molecule has 10 nitrogen and oxygen atoms in total. The molecule has 0 atom stereocenters. The predicted molar refractivity (Wildman–Crippen MR) is 402 cm³/mol. The molecule has 10 heteroatoms. The van der Waals surface area contributed by atoms with Crippen LogP contribution in [0.25, 0.3) is 212 Å². The van der Waals surface area contributed by atoms with E-state index in [1.807, 2.05) is 146 Å². The van der Waals surface area contributed by atoms with Crippen molar-refractivity contribution >= 4 is 87.8 Å². The minimum Gasteiger partial charge on any atom is -0.456 e. The van der Waals surface area contributed by atoms with Gasteiger partial charge in [0.1, 0.15) is 44.7 Å². The molecule has 0 radical (unpaired) electrons. The number of nitrogens with zero attached hydrogens (tertiary/aromatic N) is 6. The SMILES string of the molecule is c1ccc(-c2cc(-c3ccc(-c4ccc(-c5cc(-c6ccccc6)cc(-c6nc(-c7ccccc7)nc(-c7cccc8oc9cc%10oc%11ccccc%11c%10cc9c78)n6)c5)cc4)cc3)cc(-c3nc(-c4ccccc4)nc(-c4cccc5c4oc4cc6oc7ccccc7c6cc45)n3)c2)cc1. The molecule has 100 heavy (non-hydrogen) atoms. The zero-order chi connectivity index (χ0) is 65.8. The van der Waals surface area contributed by atoms with Crippen LogP contribution < -0.4 is 0 Å². The molecule has 0 aliphatic rings. The second-order valence-electron chi connectivity index (χ2n) is 25.3. The molecule has 0 N–H and O–H groups in total. The molecule has 0 amide bonds. The number of aromatic nitrogens is 6. The van der Waals surface area contributed by atoms with Crippen molar-refractivity contribution in [3.8, 4) is 124 Å². The zero-order valence-electron chi connectivity index (χ0n) is 53.3. The quantitative estimate of drug-likeness (QED) is 0.123. The molecule has 0 aliphatic carbocycles. The van der Waals surface area contributed by atoms with Crippen molar-refractivity contribution in [2.24, 2.45) is 0 Å². The van der Waals surface area contributed by atoms with Crippen LogP contribution in [0.15, 0.2) is 333 Å². The van der Waals surface area contributed by atoms with Crippen LogP contribution in [0.2, 0.25) is 0 Å². The highest BCUT2D eigenvalue weighted by atomic mass is 16.4. The van der Waals surface area contributed by atoms with Gasteiger partial charge in [0, 0.05) is 83.0 Å². The maximum atomic E-state index is 6.78. The Balaban J connectivity index is 0.662. The van der Waals surface area contributed by atoms with E-state index in [0.29, 0.717) is 40.5 Å². The summed E-state index contributed by atoms with van der Waals surface area (Å²) in [5, 5.41) is 7.99. The van der Waals surface area contributed by atoms with Gasteiger partial charge in [-0.15, -0.1) is 0 Å². The first-order valence-corrected chi connectivity index (χ1v) is 33.3.